The number of nitrogens with zero attached hydrogens (tertiary/aromatic N) is 1. The summed E-state index contributed by atoms with van der Waals surface area (Å²) in [5.41, 5.74) is 6.85. The van der Waals surface area contributed by atoms with Crippen LogP contribution in [0.2, 0.25) is 0 Å². The van der Waals surface area contributed by atoms with Gasteiger partial charge in [-0.25, -0.2) is 17.8 Å². The van der Waals surface area contributed by atoms with Crippen LogP contribution in [0.25, 0.3) is 6.08 Å². The van der Waals surface area contributed by atoms with Crippen LogP contribution in [-0.2, 0) is 32.5 Å². The SMILES string of the molecule is CC(=O)OCCc1cnc(NS(=O)(=O)CC=Cc2cc(F)ccc2CN)s1. The first-order valence-corrected chi connectivity index (χ1v) is 10.5. The molecule has 0 aliphatic carbocycles. The largest absolute Gasteiger partial charge is 0.465 e. The Hall–Kier alpha value is -2.30. The van der Waals surface area contributed by atoms with E-state index in [0.29, 0.717) is 12.0 Å². The van der Waals surface area contributed by atoms with Crippen molar-refractivity contribution in [3.8, 4) is 0 Å². The molecule has 0 aliphatic heterocycles. The van der Waals surface area contributed by atoms with E-state index in [0.717, 1.165) is 10.4 Å². The molecule has 0 fully saturated rings. The van der Waals surface area contributed by atoms with Gasteiger partial charge in [-0.3, -0.25) is 9.52 Å². The zero-order valence-electron chi connectivity index (χ0n) is 14.6. The highest BCUT2D eigenvalue weighted by Gasteiger charge is 2.12. The molecule has 1 heterocycles. The van der Waals surface area contributed by atoms with Gasteiger partial charge >= 0.3 is 5.97 Å². The molecule has 3 N–H and O–H groups in total. The molecule has 0 unspecified atom stereocenters. The number of anilines is 1. The van der Waals surface area contributed by atoms with Gasteiger partial charge < -0.3 is 10.5 Å². The first-order chi connectivity index (χ1) is 12.8. The highest BCUT2D eigenvalue weighted by atomic mass is 32.2. The maximum Gasteiger partial charge on any atom is 0.302 e. The predicted molar refractivity (Wildman–Crippen MR) is 103 cm³/mol. The number of benzene rings is 1. The van der Waals surface area contributed by atoms with Crippen molar-refractivity contribution in [3.63, 3.8) is 0 Å². The highest BCUT2D eigenvalue weighted by Crippen LogP contribution is 2.20. The summed E-state index contributed by atoms with van der Waals surface area (Å²) in [5, 5.41) is 0.231. The molecule has 0 spiro atoms. The lowest BCUT2D eigenvalue weighted by Gasteiger charge is -2.04. The van der Waals surface area contributed by atoms with Crippen LogP contribution in [-0.4, -0.2) is 31.7 Å². The number of esters is 1. The Bertz CT molecular complexity index is 926. The fourth-order valence-electron chi connectivity index (χ4n) is 2.15. The Morgan fingerprint density at radius 3 is 2.93 bits per heavy atom. The van der Waals surface area contributed by atoms with E-state index < -0.39 is 15.8 Å². The molecule has 1 aromatic carbocycles. The van der Waals surface area contributed by atoms with E-state index in [1.807, 2.05) is 0 Å². The number of halogens is 1. The van der Waals surface area contributed by atoms with Crippen LogP contribution in [0, 0.1) is 5.82 Å². The van der Waals surface area contributed by atoms with Gasteiger partial charge in [0.15, 0.2) is 5.13 Å². The molecule has 0 aliphatic rings. The van der Waals surface area contributed by atoms with Gasteiger partial charge in [-0.2, -0.15) is 0 Å². The fraction of sp³-hybridized carbons (Fsp3) is 0.294. The van der Waals surface area contributed by atoms with E-state index >= 15 is 0 Å². The van der Waals surface area contributed by atoms with Gasteiger partial charge in [0.05, 0.1) is 12.4 Å². The summed E-state index contributed by atoms with van der Waals surface area (Å²) >= 11 is 1.17. The second-order valence-corrected chi connectivity index (χ2v) is 8.44. The molecular weight excluding hydrogens is 393 g/mol. The number of thiazole rings is 1. The van der Waals surface area contributed by atoms with Crippen molar-refractivity contribution in [2.45, 2.75) is 19.9 Å². The van der Waals surface area contributed by atoms with Gasteiger partial charge in [-0.15, -0.1) is 11.3 Å². The van der Waals surface area contributed by atoms with Crippen LogP contribution in [0.15, 0.2) is 30.5 Å². The standard InChI is InChI=1S/C17H20FN3O4S2/c1-12(22)25-7-6-16-11-20-17(26-16)21-27(23,24)8-2-3-13-9-15(18)5-4-14(13)10-19/h2-5,9,11H,6-8,10,19H2,1H3,(H,20,21). The summed E-state index contributed by atoms with van der Waals surface area (Å²) < 4.78 is 44.9. The normalized spacial score (nSPS) is 11.7. The topological polar surface area (TPSA) is 111 Å². The van der Waals surface area contributed by atoms with Crippen molar-refractivity contribution < 1.29 is 22.3 Å². The van der Waals surface area contributed by atoms with E-state index in [1.54, 1.807) is 6.07 Å². The molecular formula is C17H20FN3O4S2. The average Bonchev–Trinajstić information content (AvgIpc) is 3.01. The Morgan fingerprint density at radius 2 is 2.22 bits per heavy atom. The lowest BCUT2D eigenvalue weighted by Crippen LogP contribution is -2.15. The Kier molecular flexibility index (Phi) is 7.45. The third kappa shape index (κ3) is 7.08. The monoisotopic (exact) mass is 413 g/mol. The number of ether oxygens (including phenoxy) is 1. The Labute approximate surface area is 161 Å². The maximum absolute atomic E-state index is 13.3. The van der Waals surface area contributed by atoms with Gasteiger partial charge in [0.2, 0.25) is 10.0 Å². The van der Waals surface area contributed by atoms with Crippen molar-refractivity contribution in [1.29, 1.82) is 0 Å². The third-order valence-corrected chi connectivity index (χ3v) is 5.63. The molecule has 1 aromatic heterocycles. The van der Waals surface area contributed by atoms with Gasteiger partial charge in [0, 0.05) is 31.0 Å². The van der Waals surface area contributed by atoms with Crippen molar-refractivity contribution in [3.05, 3.63) is 52.3 Å². The molecule has 146 valence electrons. The first kappa shape index (κ1) is 21.0. The zero-order chi connectivity index (χ0) is 19.9. The van der Waals surface area contributed by atoms with Gasteiger partial charge in [0.1, 0.15) is 5.82 Å². The smallest absolute Gasteiger partial charge is 0.302 e. The van der Waals surface area contributed by atoms with Crippen molar-refractivity contribution >= 4 is 38.5 Å². The highest BCUT2D eigenvalue weighted by molar-refractivity contribution is 7.93. The van der Waals surface area contributed by atoms with Crippen LogP contribution in [0.4, 0.5) is 9.52 Å². The number of nitrogens with one attached hydrogen (secondary N) is 1. The molecule has 2 rings (SSSR count). The second kappa shape index (κ2) is 9.58. The molecule has 10 heteroatoms. The number of hydrogen-bond acceptors (Lipinski definition) is 7. The number of nitrogens with two attached hydrogens (primary N) is 1. The second-order valence-electron chi connectivity index (χ2n) is 5.55. The average molecular weight is 413 g/mol. The first-order valence-electron chi connectivity index (χ1n) is 8.02. The maximum atomic E-state index is 13.3. The van der Waals surface area contributed by atoms with Crippen LogP contribution in [0.3, 0.4) is 0 Å². The number of aromatic nitrogens is 1. The van der Waals surface area contributed by atoms with E-state index in [9.17, 15) is 17.6 Å². The van der Waals surface area contributed by atoms with E-state index in [2.05, 4.69) is 9.71 Å². The molecule has 7 nitrogen and oxygen atoms in total. The lowest BCUT2D eigenvalue weighted by atomic mass is 10.1. The van der Waals surface area contributed by atoms with Crippen molar-refractivity contribution in [2.24, 2.45) is 5.73 Å². The van der Waals surface area contributed by atoms with Gasteiger partial charge in [0.25, 0.3) is 0 Å². The predicted octanol–water partition coefficient (Wildman–Crippen LogP) is 2.30. The molecule has 2 aromatic rings. The van der Waals surface area contributed by atoms with Crippen molar-refractivity contribution in [2.75, 3.05) is 17.1 Å². The third-order valence-electron chi connectivity index (χ3n) is 3.39. The van der Waals surface area contributed by atoms with Crippen LogP contribution in [0.5, 0.6) is 0 Å². The van der Waals surface area contributed by atoms with E-state index in [4.69, 9.17) is 10.5 Å². The van der Waals surface area contributed by atoms with Gasteiger partial charge in [-0.05, 0) is 23.3 Å². The molecule has 0 saturated heterocycles. The molecule has 0 atom stereocenters. The number of hydrogen-bond donors (Lipinski definition) is 2. The van der Waals surface area contributed by atoms with Gasteiger partial charge in [-0.1, -0.05) is 18.2 Å². The van der Waals surface area contributed by atoms with E-state index in [-0.39, 0.29) is 30.0 Å². The summed E-state index contributed by atoms with van der Waals surface area (Å²) in [6.45, 7) is 1.75. The number of carbonyl (C=O) groups excluding carboxylic acids is 1. The minimum Gasteiger partial charge on any atom is -0.465 e. The van der Waals surface area contributed by atoms with E-state index in [1.165, 1.54) is 48.7 Å². The molecule has 27 heavy (non-hydrogen) atoms. The number of sulfonamides is 1. The Balaban J connectivity index is 1.94. The Morgan fingerprint density at radius 1 is 1.44 bits per heavy atom. The van der Waals surface area contributed by atoms with Crippen LogP contribution < -0.4 is 10.5 Å². The number of carbonyl (C=O) groups is 1. The lowest BCUT2D eigenvalue weighted by molar-refractivity contribution is -0.140. The van der Waals surface area contributed by atoms with Crippen LogP contribution >= 0.6 is 11.3 Å². The summed E-state index contributed by atoms with van der Waals surface area (Å²) in [6, 6.07) is 4.17. The molecule has 0 amide bonds. The number of rotatable bonds is 9. The summed E-state index contributed by atoms with van der Waals surface area (Å²) in [4.78, 5) is 15.5. The fourth-order valence-corrected chi connectivity index (χ4v) is 4.09. The summed E-state index contributed by atoms with van der Waals surface area (Å²) in [6.07, 6.45) is 4.94. The molecule has 0 saturated carbocycles. The minimum absolute atomic E-state index is 0.212. The summed E-state index contributed by atoms with van der Waals surface area (Å²) in [7, 11) is -3.65. The minimum atomic E-state index is -3.65. The summed E-state index contributed by atoms with van der Waals surface area (Å²) in [5.74, 6) is -1.09. The van der Waals surface area contributed by atoms with Crippen molar-refractivity contribution in [1.82, 2.24) is 4.98 Å². The zero-order valence-corrected chi connectivity index (χ0v) is 16.3. The quantitative estimate of drug-likeness (QED) is 0.610. The molecule has 0 bridgehead atoms. The van der Waals surface area contributed by atoms with Crippen LogP contribution in [0.1, 0.15) is 22.9 Å². The molecule has 0 radical (unpaired) electrons.